The molecule has 0 aliphatic carbocycles. The molecule has 0 unspecified atom stereocenters. The van der Waals surface area contributed by atoms with Crippen LogP contribution < -0.4 is 15.3 Å². The predicted octanol–water partition coefficient (Wildman–Crippen LogP) is 3.83. The molecule has 2 N–H and O–H groups in total. The number of pyridine rings is 1. The topological polar surface area (TPSA) is 83.9 Å². The first-order valence-electron chi connectivity index (χ1n) is 7.52. The molecule has 3 rings (SSSR count). The van der Waals surface area contributed by atoms with Gasteiger partial charge in [0.2, 0.25) is 11.8 Å². The molecule has 11 heteroatoms. The number of rotatable bonds is 4. The van der Waals surface area contributed by atoms with E-state index in [-0.39, 0.29) is 11.6 Å². The number of anilines is 2. The maximum Gasteiger partial charge on any atom is 0.416 e. The molecule has 0 spiro atoms. The van der Waals surface area contributed by atoms with E-state index < -0.39 is 17.8 Å². The molecule has 7 nitrogen and oxygen atoms in total. The fourth-order valence-electron chi connectivity index (χ4n) is 2.12. The van der Waals surface area contributed by atoms with Crippen molar-refractivity contribution in [3.63, 3.8) is 0 Å². The number of hydrogen-bond donors (Lipinski definition) is 2. The van der Waals surface area contributed by atoms with Gasteiger partial charge in [0.05, 0.1) is 5.56 Å². The standard InChI is InChI=1S/C16H11BrF3N5O2/c17-11-4-5-13(21-7-11)8-25-9-14(27-24-25)23-15(26)22-12-3-1-2-10(6-12)16(18,19)20/h1-7,9H,8H2,(H-,22,23,24,26)/p+1. The van der Waals surface area contributed by atoms with Crippen LogP contribution in [0.3, 0.4) is 0 Å². The summed E-state index contributed by atoms with van der Waals surface area (Å²) in [5.74, 6) is 0.0246. The SMILES string of the molecule is O=C(Nc1cccc(C(F)(F)F)c1)Nc1c[n+](Cc2ccc(Br)cn2)no1. The van der Waals surface area contributed by atoms with E-state index in [9.17, 15) is 18.0 Å². The lowest BCUT2D eigenvalue weighted by Crippen LogP contribution is -2.35. The number of carbonyl (C=O) groups is 1. The Morgan fingerprint density at radius 3 is 2.74 bits per heavy atom. The number of carbonyl (C=O) groups excluding carboxylic acids is 1. The lowest BCUT2D eigenvalue weighted by atomic mass is 10.2. The molecule has 0 atom stereocenters. The highest BCUT2D eigenvalue weighted by molar-refractivity contribution is 9.10. The van der Waals surface area contributed by atoms with Crippen molar-refractivity contribution in [2.24, 2.45) is 0 Å². The molecule has 0 bridgehead atoms. The van der Waals surface area contributed by atoms with Crippen LogP contribution in [0.25, 0.3) is 0 Å². The molecule has 1 aromatic carbocycles. The Morgan fingerprint density at radius 2 is 2.04 bits per heavy atom. The van der Waals surface area contributed by atoms with E-state index in [1.165, 1.54) is 23.0 Å². The first-order valence-corrected chi connectivity index (χ1v) is 8.31. The molecule has 0 aliphatic heterocycles. The third-order valence-corrected chi connectivity index (χ3v) is 3.78. The summed E-state index contributed by atoms with van der Waals surface area (Å²) in [7, 11) is 0. The fraction of sp³-hybridized carbons (Fsp3) is 0.125. The molecule has 0 fully saturated rings. The number of benzene rings is 1. The van der Waals surface area contributed by atoms with Crippen LogP contribution in [0.15, 0.2) is 57.8 Å². The highest BCUT2D eigenvalue weighted by atomic mass is 79.9. The van der Waals surface area contributed by atoms with Gasteiger partial charge in [-0.2, -0.15) is 13.2 Å². The van der Waals surface area contributed by atoms with Crippen molar-refractivity contribution in [3.8, 4) is 0 Å². The molecule has 0 saturated heterocycles. The van der Waals surface area contributed by atoms with Crippen molar-refractivity contribution < 1.29 is 27.2 Å². The minimum Gasteiger partial charge on any atom is -0.308 e. The Bertz CT molecular complexity index is 944. The molecule has 2 aromatic heterocycles. The van der Waals surface area contributed by atoms with Crippen LogP contribution in [0.1, 0.15) is 11.3 Å². The van der Waals surface area contributed by atoms with E-state index in [4.69, 9.17) is 4.52 Å². The van der Waals surface area contributed by atoms with Gasteiger partial charge >= 0.3 is 18.1 Å². The van der Waals surface area contributed by atoms with Gasteiger partial charge in [-0.05, 0) is 50.9 Å². The Labute approximate surface area is 159 Å². The minimum atomic E-state index is -4.49. The van der Waals surface area contributed by atoms with Gasteiger partial charge in [-0.15, -0.1) is 0 Å². The summed E-state index contributed by atoms with van der Waals surface area (Å²) in [5.41, 5.74) is -0.148. The van der Waals surface area contributed by atoms with Crippen molar-refractivity contribution in [2.75, 3.05) is 10.6 Å². The lowest BCUT2D eigenvalue weighted by molar-refractivity contribution is -0.755. The van der Waals surface area contributed by atoms with E-state index in [1.807, 2.05) is 6.07 Å². The summed E-state index contributed by atoms with van der Waals surface area (Å²) >= 11 is 3.28. The van der Waals surface area contributed by atoms with Crippen molar-refractivity contribution in [2.45, 2.75) is 12.7 Å². The maximum atomic E-state index is 12.7. The second-order valence-corrected chi connectivity index (χ2v) is 6.30. The molecule has 2 amide bonds. The number of hydrogen-bond acceptors (Lipinski definition) is 4. The third-order valence-electron chi connectivity index (χ3n) is 3.31. The highest BCUT2D eigenvalue weighted by Crippen LogP contribution is 2.30. The number of urea groups is 1. The Balaban J connectivity index is 1.60. The quantitative estimate of drug-likeness (QED) is 0.601. The normalized spacial score (nSPS) is 11.3. The van der Waals surface area contributed by atoms with Crippen molar-refractivity contribution >= 4 is 33.5 Å². The van der Waals surface area contributed by atoms with Crippen LogP contribution in [-0.2, 0) is 12.7 Å². The van der Waals surface area contributed by atoms with E-state index in [1.54, 1.807) is 12.3 Å². The van der Waals surface area contributed by atoms with Crippen LogP contribution >= 0.6 is 15.9 Å². The molecule has 0 aliphatic rings. The number of alkyl halides is 3. The maximum absolute atomic E-state index is 12.7. The second-order valence-electron chi connectivity index (χ2n) is 5.39. The van der Waals surface area contributed by atoms with Crippen molar-refractivity contribution in [1.82, 2.24) is 10.3 Å². The fourth-order valence-corrected chi connectivity index (χ4v) is 2.36. The van der Waals surface area contributed by atoms with Gasteiger partial charge in [0, 0.05) is 16.4 Å². The zero-order valence-electron chi connectivity index (χ0n) is 13.5. The number of aromatic nitrogens is 3. The van der Waals surface area contributed by atoms with E-state index in [0.29, 0.717) is 6.54 Å². The average Bonchev–Trinajstić information content (AvgIpc) is 3.03. The van der Waals surface area contributed by atoms with Crippen LogP contribution in [0.2, 0.25) is 0 Å². The molecule has 140 valence electrons. The molecule has 27 heavy (non-hydrogen) atoms. The summed E-state index contributed by atoms with van der Waals surface area (Å²) < 4.78 is 45.3. The third kappa shape index (κ3) is 5.26. The number of halogens is 4. The molecule has 0 saturated carbocycles. The smallest absolute Gasteiger partial charge is 0.308 e. The summed E-state index contributed by atoms with van der Waals surface area (Å²) in [5, 5.41) is 8.40. The molecule has 2 heterocycles. The number of nitrogens with zero attached hydrogens (tertiary/aromatic N) is 3. The monoisotopic (exact) mass is 442 g/mol. The molecule has 0 radical (unpaired) electrons. The van der Waals surface area contributed by atoms with Crippen molar-refractivity contribution in [1.29, 1.82) is 0 Å². The van der Waals surface area contributed by atoms with Crippen molar-refractivity contribution in [3.05, 3.63) is 64.5 Å². The zero-order chi connectivity index (χ0) is 19.4. The summed E-state index contributed by atoms with van der Waals surface area (Å²) in [4.78, 5) is 16.1. The van der Waals surface area contributed by atoms with Gasteiger partial charge in [-0.25, -0.2) is 4.79 Å². The van der Waals surface area contributed by atoms with Crippen LogP contribution in [0, 0.1) is 0 Å². The molecule has 3 aromatic rings. The van der Waals surface area contributed by atoms with Gasteiger partial charge in [-0.3, -0.25) is 14.8 Å². The summed E-state index contributed by atoms with van der Waals surface area (Å²) in [6, 6.07) is 7.14. The second kappa shape index (κ2) is 7.74. The Morgan fingerprint density at radius 1 is 1.22 bits per heavy atom. The van der Waals surface area contributed by atoms with Crippen LogP contribution in [0.4, 0.5) is 29.5 Å². The first kappa shape index (κ1) is 18.8. The summed E-state index contributed by atoms with van der Waals surface area (Å²) in [6.45, 7) is 0.313. The van der Waals surface area contributed by atoms with E-state index >= 15 is 0 Å². The van der Waals surface area contributed by atoms with Gasteiger partial charge < -0.3 is 5.32 Å². The zero-order valence-corrected chi connectivity index (χ0v) is 15.1. The van der Waals surface area contributed by atoms with E-state index in [2.05, 4.69) is 36.8 Å². The van der Waals surface area contributed by atoms with Crippen LogP contribution in [-0.4, -0.2) is 16.3 Å². The van der Waals surface area contributed by atoms with Gasteiger partial charge in [0.25, 0.3) is 6.20 Å². The lowest BCUT2D eigenvalue weighted by Gasteiger charge is -2.09. The Hall–Kier alpha value is -2.95. The van der Waals surface area contributed by atoms with Gasteiger partial charge in [0.15, 0.2) is 0 Å². The molecular formula is C16H12BrF3N5O2+. The minimum absolute atomic E-state index is 0.00576. The van der Waals surface area contributed by atoms with Crippen LogP contribution in [0.5, 0.6) is 0 Å². The number of amides is 2. The Kier molecular flexibility index (Phi) is 5.40. The molecular weight excluding hydrogens is 431 g/mol. The average molecular weight is 443 g/mol. The highest BCUT2D eigenvalue weighted by Gasteiger charge is 2.30. The number of nitrogens with one attached hydrogen (secondary N) is 2. The largest absolute Gasteiger partial charge is 0.416 e. The van der Waals surface area contributed by atoms with Gasteiger partial charge in [-0.1, -0.05) is 6.07 Å². The first-order chi connectivity index (χ1) is 12.8. The van der Waals surface area contributed by atoms with E-state index in [0.717, 1.165) is 22.3 Å². The summed E-state index contributed by atoms with van der Waals surface area (Å²) in [6.07, 6.45) is -1.43. The van der Waals surface area contributed by atoms with Gasteiger partial charge in [0.1, 0.15) is 5.69 Å². The predicted molar refractivity (Wildman–Crippen MR) is 91.8 cm³/mol.